The van der Waals surface area contributed by atoms with Gasteiger partial charge >= 0.3 is 0 Å². The van der Waals surface area contributed by atoms with E-state index < -0.39 is 0 Å². The molecule has 3 aromatic rings. The largest absolute Gasteiger partial charge is 0.369 e. The molecule has 0 unspecified atom stereocenters. The first-order valence-corrected chi connectivity index (χ1v) is 5.78. The quantitative estimate of drug-likeness (QED) is 0.699. The smallest absolute Gasteiger partial charge is 0.207 e. The zero-order valence-corrected chi connectivity index (χ0v) is 10.1. The summed E-state index contributed by atoms with van der Waals surface area (Å²) >= 11 is 0. The Morgan fingerprint density at radius 2 is 2.05 bits per heavy atom. The molecule has 0 saturated heterocycles. The predicted octanol–water partition coefficient (Wildman–Crippen LogP) is 1.55. The molecule has 2 aromatic heterocycles. The van der Waals surface area contributed by atoms with Crippen LogP contribution in [-0.4, -0.2) is 19.6 Å². The van der Waals surface area contributed by atoms with Gasteiger partial charge in [-0.3, -0.25) is 4.40 Å². The fraction of sp³-hybridized carbons (Fsp3) is 0.0714. The second-order valence-electron chi connectivity index (χ2n) is 4.07. The lowest BCUT2D eigenvalue weighted by Crippen LogP contribution is -2.05. The van der Waals surface area contributed by atoms with Gasteiger partial charge in [0.1, 0.15) is 6.33 Å². The Hall–Kier alpha value is -2.87. The monoisotopic (exact) mass is 249 g/mol. The van der Waals surface area contributed by atoms with Crippen molar-refractivity contribution >= 4 is 11.6 Å². The SMILES string of the molecule is C#CCc1c(-c2ccccc2)nc(N)n2cnnc12. The van der Waals surface area contributed by atoms with Crippen LogP contribution in [-0.2, 0) is 6.42 Å². The highest BCUT2D eigenvalue weighted by Gasteiger charge is 2.14. The maximum atomic E-state index is 5.92. The highest BCUT2D eigenvalue weighted by Crippen LogP contribution is 2.25. The van der Waals surface area contributed by atoms with Crippen LogP contribution in [0, 0.1) is 12.3 Å². The van der Waals surface area contributed by atoms with E-state index in [4.69, 9.17) is 12.2 Å². The molecule has 0 atom stereocenters. The summed E-state index contributed by atoms with van der Waals surface area (Å²) in [5, 5.41) is 7.95. The number of nitrogen functional groups attached to an aromatic ring is 1. The van der Waals surface area contributed by atoms with Crippen LogP contribution in [0.25, 0.3) is 16.9 Å². The molecular weight excluding hydrogens is 238 g/mol. The first-order chi connectivity index (χ1) is 9.31. The minimum atomic E-state index is 0.347. The van der Waals surface area contributed by atoms with Crippen molar-refractivity contribution in [3.63, 3.8) is 0 Å². The first kappa shape index (κ1) is 11.2. The fourth-order valence-electron chi connectivity index (χ4n) is 2.05. The van der Waals surface area contributed by atoms with Crippen molar-refractivity contribution < 1.29 is 0 Å². The van der Waals surface area contributed by atoms with Crippen LogP contribution in [0.2, 0.25) is 0 Å². The fourth-order valence-corrected chi connectivity index (χ4v) is 2.05. The summed E-state index contributed by atoms with van der Waals surface area (Å²) in [6.45, 7) is 0. The highest BCUT2D eigenvalue weighted by atomic mass is 15.3. The van der Waals surface area contributed by atoms with Crippen molar-refractivity contribution in [2.75, 3.05) is 5.73 Å². The molecule has 0 aliphatic rings. The van der Waals surface area contributed by atoms with E-state index in [1.165, 1.54) is 6.33 Å². The molecule has 2 heterocycles. The molecule has 2 N–H and O–H groups in total. The molecule has 1 aromatic carbocycles. The van der Waals surface area contributed by atoms with E-state index in [2.05, 4.69) is 21.1 Å². The number of fused-ring (bicyclic) bond motifs is 1. The Bertz CT molecular complexity index is 768. The van der Waals surface area contributed by atoms with E-state index in [1.54, 1.807) is 4.40 Å². The van der Waals surface area contributed by atoms with Gasteiger partial charge in [0.2, 0.25) is 5.95 Å². The van der Waals surface area contributed by atoms with Gasteiger partial charge in [-0.2, -0.15) is 0 Å². The van der Waals surface area contributed by atoms with Crippen molar-refractivity contribution in [1.29, 1.82) is 0 Å². The van der Waals surface area contributed by atoms with Gasteiger partial charge in [-0.05, 0) is 0 Å². The molecule has 0 bridgehead atoms. The zero-order valence-electron chi connectivity index (χ0n) is 10.1. The van der Waals surface area contributed by atoms with Crippen molar-refractivity contribution in [3.8, 4) is 23.6 Å². The number of benzene rings is 1. The van der Waals surface area contributed by atoms with Gasteiger partial charge in [-0.15, -0.1) is 22.5 Å². The molecular formula is C14H11N5. The molecule has 0 saturated carbocycles. The van der Waals surface area contributed by atoms with Crippen LogP contribution in [0.5, 0.6) is 0 Å². The van der Waals surface area contributed by atoms with Gasteiger partial charge in [-0.1, -0.05) is 30.3 Å². The summed E-state index contributed by atoms with van der Waals surface area (Å²) in [4.78, 5) is 4.43. The lowest BCUT2D eigenvalue weighted by atomic mass is 10.0. The lowest BCUT2D eigenvalue weighted by molar-refractivity contribution is 1.07. The summed E-state index contributed by atoms with van der Waals surface area (Å²) in [6, 6.07) is 9.77. The van der Waals surface area contributed by atoms with Crippen LogP contribution in [0.1, 0.15) is 5.56 Å². The van der Waals surface area contributed by atoms with Crippen molar-refractivity contribution in [1.82, 2.24) is 19.6 Å². The number of hydrogen-bond donors (Lipinski definition) is 1. The van der Waals surface area contributed by atoms with Crippen molar-refractivity contribution in [2.45, 2.75) is 6.42 Å². The number of aromatic nitrogens is 4. The average molecular weight is 249 g/mol. The van der Waals surface area contributed by atoms with E-state index in [1.807, 2.05) is 30.3 Å². The maximum absolute atomic E-state index is 5.92. The molecule has 3 rings (SSSR count). The second-order valence-corrected chi connectivity index (χ2v) is 4.07. The van der Waals surface area contributed by atoms with E-state index in [9.17, 15) is 0 Å². The summed E-state index contributed by atoms with van der Waals surface area (Å²) in [7, 11) is 0. The van der Waals surface area contributed by atoms with E-state index in [0.717, 1.165) is 16.8 Å². The van der Waals surface area contributed by atoms with Gasteiger partial charge < -0.3 is 5.73 Å². The molecule has 0 radical (unpaired) electrons. The number of hydrogen-bond acceptors (Lipinski definition) is 4. The molecule has 0 fully saturated rings. The van der Waals surface area contributed by atoms with Crippen molar-refractivity contribution in [2.24, 2.45) is 0 Å². The van der Waals surface area contributed by atoms with Crippen molar-refractivity contribution in [3.05, 3.63) is 42.2 Å². The number of terminal acetylenes is 1. The van der Waals surface area contributed by atoms with Crippen LogP contribution < -0.4 is 5.73 Å². The molecule has 0 aliphatic heterocycles. The normalized spacial score (nSPS) is 10.5. The Labute approximate surface area is 110 Å². The maximum Gasteiger partial charge on any atom is 0.207 e. The Balaban J connectivity index is 2.35. The van der Waals surface area contributed by atoms with Crippen LogP contribution in [0.4, 0.5) is 5.95 Å². The minimum absolute atomic E-state index is 0.347. The summed E-state index contributed by atoms with van der Waals surface area (Å²) < 4.78 is 1.64. The Morgan fingerprint density at radius 3 is 2.79 bits per heavy atom. The van der Waals surface area contributed by atoms with Gasteiger partial charge in [0.05, 0.1) is 5.69 Å². The van der Waals surface area contributed by atoms with Crippen LogP contribution >= 0.6 is 0 Å². The second kappa shape index (κ2) is 4.42. The molecule has 5 heteroatoms. The summed E-state index contributed by atoms with van der Waals surface area (Å²) in [5.41, 5.74) is 9.17. The molecule has 0 spiro atoms. The highest BCUT2D eigenvalue weighted by molar-refractivity contribution is 5.72. The topological polar surface area (TPSA) is 69.1 Å². The predicted molar refractivity (Wildman–Crippen MR) is 73.2 cm³/mol. The van der Waals surface area contributed by atoms with Crippen LogP contribution in [0.3, 0.4) is 0 Å². The van der Waals surface area contributed by atoms with Gasteiger partial charge in [-0.25, -0.2) is 4.98 Å². The van der Waals surface area contributed by atoms with E-state index in [0.29, 0.717) is 18.0 Å². The number of nitrogens with zero attached hydrogens (tertiary/aromatic N) is 4. The summed E-state index contributed by atoms with van der Waals surface area (Å²) in [6.07, 6.45) is 7.40. The van der Waals surface area contributed by atoms with Gasteiger partial charge in [0, 0.05) is 17.5 Å². The van der Waals surface area contributed by atoms with Crippen LogP contribution in [0.15, 0.2) is 36.7 Å². The standard InChI is InChI=1S/C14H11N5/c1-2-6-11-12(10-7-4-3-5-8-10)17-14(15)19-9-16-18-13(11)19/h1,3-5,7-9H,6H2,(H2,15,17). The first-order valence-electron chi connectivity index (χ1n) is 5.78. The third kappa shape index (κ3) is 1.79. The Kier molecular flexibility index (Phi) is 2.62. The molecule has 0 amide bonds. The average Bonchev–Trinajstić information content (AvgIpc) is 2.93. The number of nitrogens with two attached hydrogens (primary N) is 1. The molecule has 19 heavy (non-hydrogen) atoms. The number of rotatable bonds is 2. The lowest BCUT2D eigenvalue weighted by Gasteiger charge is -2.09. The number of anilines is 1. The molecule has 5 nitrogen and oxygen atoms in total. The molecule has 0 aliphatic carbocycles. The Morgan fingerprint density at radius 1 is 1.26 bits per heavy atom. The van der Waals surface area contributed by atoms with Gasteiger partial charge in [0.15, 0.2) is 5.65 Å². The molecule has 92 valence electrons. The third-order valence-electron chi connectivity index (χ3n) is 2.90. The van der Waals surface area contributed by atoms with Gasteiger partial charge in [0.25, 0.3) is 0 Å². The summed E-state index contributed by atoms with van der Waals surface area (Å²) in [5.74, 6) is 2.98. The van der Waals surface area contributed by atoms with E-state index >= 15 is 0 Å². The minimum Gasteiger partial charge on any atom is -0.369 e. The van der Waals surface area contributed by atoms with E-state index in [-0.39, 0.29) is 0 Å². The third-order valence-corrected chi connectivity index (χ3v) is 2.90. The zero-order chi connectivity index (χ0) is 13.2.